The number of rotatable bonds is 3. The van der Waals surface area contributed by atoms with Crippen LogP contribution in [0.1, 0.15) is 51.7 Å². The van der Waals surface area contributed by atoms with Crippen molar-refractivity contribution in [1.29, 1.82) is 0 Å². The monoisotopic (exact) mass is 371 g/mol. The highest BCUT2D eigenvalue weighted by Crippen LogP contribution is 2.30. The van der Waals surface area contributed by atoms with Crippen molar-refractivity contribution in [2.24, 2.45) is 0 Å². The summed E-state index contributed by atoms with van der Waals surface area (Å²) in [6, 6.07) is 4.72. The molecule has 1 aliphatic rings. The first-order valence-corrected chi connectivity index (χ1v) is 8.75. The van der Waals surface area contributed by atoms with Crippen LogP contribution in [0.3, 0.4) is 0 Å². The van der Waals surface area contributed by atoms with E-state index in [9.17, 15) is 18.0 Å². The Morgan fingerprint density at radius 2 is 1.65 bits per heavy atom. The summed E-state index contributed by atoms with van der Waals surface area (Å²) in [4.78, 5) is 14.0. The van der Waals surface area contributed by atoms with Crippen LogP contribution in [0.4, 0.5) is 18.0 Å². The van der Waals surface area contributed by atoms with Gasteiger partial charge in [-0.1, -0.05) is 12.1 Å². The first kappa shape index (κ1) is 20.6. The van der Waals surface area contributed by atoms with Crippen molar-refractivity contribution in [3.63, 3.8) is 0 Å². The van der Waals surface area contributed by atoms with Crippen molar-refractivity contribution in [3.05, 3.63) is 35.4 Å². The van der Waals surface area contributed by atoms with E-state index in [0.29, 0.717) is 5.56 Å². The number of hydrogen-bond donors (Lipinski definition) is 2. The Bertz CT molecular complexity index is 622. The molecule has 4 nitrogen and oxygen atoms in total. The zero-order chi connectivity index (χ0) is 19.8. The molecule has 26 heavy (non-hydrogen) atoms. The Kier molecular flexibility index (Phi) is 5.61. The van der Waals surface area contributed by atoms with Crippen LogP contribution in [0.2, 0.25) is 0 Å². The van der Waals surface area contributed by atoms with Crippen molar-refractivity contribution in [2.45, 2.75) is 70.4 Å². The molecular formula is C19H28F3N3O. The van der Waals surface area contributed by atoms with Gasteiger partial charge in [0, 0.05) is 30.7 Å². The summed E-state index contributed by atoms with van der Waals surface area (Å²) in [5.74, 6) is 0. The van der Waals surface area contributed by atoms with Gasteiger partial charge in [0.25, 0.3) is 0 Å². The van der Waals surface area contributed by atoms with Gasteiger partial charge < -0.3 is 15.5 Å². The quantitative estimate of drug-likeness (QED) is 0.838. The minimum Gasteiger partial charge on any atom is -0.335 e. The van der Waals surface area contributed by atoms with Gasteiger partial charge in [0.15, 0.2) is 0 Å². The number of carbonyl (C=O) groups excluding carboxylic acids is 1. The van der Waals surface area contributed by atoms with E-state index in [4.69, 9.17) is 0 Å². The molecule has 0 bridgehead atoms. The molecule has 146 valence electrons. The number of carbonyl (C=O) groups is 1. The van der Waals surface area contributed by atoms with Crippen molar-refractivity contribution in [2.75, 3.05) is 7.05 Å². The Hall–Kier alpha value is -1.76. The second kappa shape index (κ2) is 7.10. The van der Waals surface area contributed by atoms with Crippen LogP contribution >= 0.6 is 0 Å². The fourth-order valence-electron chi connectivity index (χ4n) is 3.85. The smallest absolute Gasteiger partial charge is 0.335 e. The number of amides is 2. The summed E-state index contributed by atoms with van der Waals surface area (Å²) < 4.78 is 37.8. The Morgan fingerprint density at radius 3 is 2.12 bits per heavy atom. The van der Waals surface area contributed by atoms with Gasteiger partial charge in [-0.2, -0.15) is 13.2 Å². The van der Waals surface area contributed by atoms with Crippen LogP contribution in [0.25, 0.3) is 0 Å². The molecule has 2 rings (SSSR count). The third-order valence-corrected chi connectivity index (χ3v) is 4.57. The summed E-state index contributed by atoms with van der Waals surface area (Å²) in [5.41, 5.74) is -0.189. The van der Waals surface area contributed by atoms with Crippen molar-refractivity contribution in [3.8, 4) is 0 Å². The molecule has 1 aromatic carbocycles. The molecule has 0 radical (unpaired) electrons. The molecule has 1 saturated heterocycles. The number of benzene rings is 1. The first-order chi connectivity index (χ1) is 11.8. The minimum absolute atomic E-state index is 0.0452. The summed E-state index contributed by atoms with van der Waals surface area (Å²) in [7, 11) is 1.64. The van der Waals surface area contributed by atoms with Crippen LogP contribution in [-0.2, 0) is 12.7 Å². The van der Waals surface area contributed by atoms with Crippen molar-refractivity contribution < 1.29 is 18.0 Å². The third kappa shape index (κ3) is 5.62. The number of urea groups is 1. The van der Waals surface area contributed by atoms with Crippen LogP contribution < -0.4 is 10.6 Å². The molecule has 1 fully saturated rings. The lowest BCUT2D eigenvalue weighted by Gasteiger charge is -2.46. The number of alkyl halides is 3. The zero-order valence-corrected chi connectivity index (χ0v) is 16.0. The topological polar surface area (TPSA) is 44.4 Å². The van der Waals surface area contributed by atoms with Gasteiger partial charge in [-0.05, 0) is 58.2 Å². The van der Waals surface area contributed by atoms with Crippen LogP contribution in [-0.4, -0.2) is 35.1 Å². The molecule has 0 unspecified atom stereocenters. The average molecular weight is 371 g/mol. The molecule has 0 spiro atoms. The lowest BCUT2D eigenvalue weighted by atomic mass is 9.80. The van der Waals surface area contributed by atoms with Crippen LogP contribution in [0.5, 0.6) is 0 Å². The van der Waals surface area contributed by atoms with E-state index < -0.39 is 11.7 Å². The molecule has 0 saturated carbocycles. The predicted molar refractivity (Wildman–Crippen MR) is 95.8 cm³/mol. The highest BCUT2D eigenvalue weighted by Gasteiger charge is 2.38. The zero-order valence-electron chi connectivity index (χ0n) is 16.0. The van der Waals surface area contributed by atoms with E-state index in [1.807, 2.05) is 0 Å². The van der Waals surface area contributed by atoms with Gasteiger partial charge in [0.1, 0.15) is 0 Å². The molecule has 0 aromatic heterocycles. The van der Waals surface area contributed by atoms with Gasteiger partial charge in [-0.15, -0.1) is 0 Å². The first-order valence-electron chi connectivity index (χ1n) is 8.75. The lowest BCUT2D eigenvalue weighted by Crippen LogP contribution is -2.62. The molecular weight excluding hydrogens is 343 g/mol. The van der Waals surface area contributed by atoms with Gasteiger partial charge in [-0.3, -0.25) is 0 Å². The Morgan fingerprint density at radius 1 is 1.15 bits per heavy atom. The van der Waals surface area contributed by atoms with E-state index in [1.54, 1.807) is 7.05 Å². The Labute approximate surface area is 153 Å². The van der Waals surface area contributed by atoms with E-state index in [-0.39, 0.29) is 29.7 Å². The maximum Gasteiger partial charge on any atom is 0.416 e. The molecule has 2 N–H and O–H groups in total. The number of nitrogens with zero attached hydrogens (tertiary/aromatic N) is 1. The van der Waals surface area contributed by atoms with E-state index >= 15 is 0 Å². The van der Waals surface area contributed by atoms with Gasteiger partial charge in [-0.25, -0.2) is 4.79 Å². The summed E-state index contributed by atoms with van der Waals surface area (Å²) in [6.07, 6.45) is -2.72. The SMILES string of the molecule is CN(Cc1ccc(C(F)(F)F)cc1)C(=O)NC1CC(C)(C)NC(C)(C)C1. The van der Waals surface area contributed by atoms with E-state index in [0.717, 1.165) is 25.0 Å². The van der Waals surface area contributed by atoms with Gasteiger partial charge in [0.05, 0.1) is 5.56 Å². The molecule has 7 heteroatoms. The van der Waals surface area contributed by atoms with Crippen molar-refractivity contribution in [1.82, 2.24) is 15.5 Å². The maximum absolute atomic E-state index is 12.6. The number of piperidine rings is 1. The third-order valence-electron chi connectivity index (χ3n) is 4.57. The second-order valence-electron chi connectivity index (χ2n) is 8.50. The maximum atomic E-state index is 12.6. The largest absolute Gasteiger partial charge is 0.416 e. The summed E-state index contributed by atoms with van der Waals surface area (Å²) in [5, 5.41) is 6.62. The standard InChI is InChI=1S/C19H28F3N3O/c1-17(2)10-15(11-18(3,4)24-17)23-16(26)25(5)12-13-6-8-14(9-7-13)19(20,21)22/h6-9,15,24H,10-12H2,1-5H3,(H,23,26). The van der Waals surface area contributed by atoms with Gasteiger partial charge >= 0.3 is 12.2 Å². The highest BCUT2D eigenvalue weighted by molar-refractivity contribution is 5.74. The fourth-order valence-corrected chi connectivity index (χ4v) is 3.85. The number of halogens is 3. The average Bonchev–Trinajstić information content (AvgIpc) is 2.43. The predicted octanol–water partition coefficient (Wildman–Crippen LogP) is 4.16. The summed E-state index contributed by atoms with van der Waals surface area (Å²) >= 11 is 0. The molecule has 1 aliphatic heterocycles. The molecule has 0 atom stereocenters. The summed E-state index contributed by atoms with van der Waals surface area (Å²) in [6.45, 7) is 8.69. The molecule has 2 amide bonds. The van der Waals surface area contributed by atoms with Crippen LogP contribution in [0.15, 0.2) is 24.3 Å². The van der Waals surface area contributed by atoms with Crippen molar-refractivity contribution >= 4 is 6.03 Å². The van der Waals surface area contributed by atoms with Gasteiger partial charge in [0.2, 0.25) is 0 Å². The molecule has 1 heterocycles. The number of nitrogens with one attached hydrogen (secondary N) is 2. The number of hydrogen-bond acceptors (Lipinski definition) is 2. The normalized spacial score (nSPS) is 19.8. The fraction of sp³-hybridized carbons (Fsp3) is 0.632. The van der Waals surface area contributed by atoms with E-state index in [1.165, 1.54) is 17.0 Å². The second-order valence-corrected chi connectivity index (χ2v) is 8.50. The Balaban J connectivity index is 1.95. The minimum atomic E-state index is -4.35. The highest BCUT2D eigenvalue weighted by atomic mass is 19.4. The van der Waals surface area contributed by atoms with Crippen LogP contribution in [0, 0.1) is 0 Å². The molecule has 1 aromatic rings. The molecule has 0 aliphatic carbocycles. The van der Waals surface area contributed by atoms with E-state index in [2.05, 4.69) is 38.3 Å². The lowest BCUT2D eigenvalue weighted by molar-refractivity contribution is -0.137.